The lowest BCUT2D eigenvalue weighted by Gasteiger charge is -2.47. The maximum Gasteiger partial charge on any atom is 0.267 e. The summed E-state index contributed by atoms with van der Waals surface area (Å²) in [5.41, 5.74) is 1.82. The third-order valence-corrected chi connectivity index (χ3v) is 7.61. The van der Waals surface area contributed by atoms with Crippen LogP contribution in [0.1, 0.15) is 37.6 Å². The van der Waals surface area contributed by atoms with Gasteiger partial charge >= 0.3 is 0 Å². The molecular formula is C25H31Cl2N7O. The zero-order chi connectivity index (χ0) is 24.4. The van der Waals surface area contributed by atoms with Crippen molar-refractivity contribution in [3.05, 3.63) is 52.1 Å². The number of aromatic nitrogens is 4. The predicted molar refractivity (Wildman–Crippen MR) is 138 cm³/mol. The SMILES string of the molecule is CC[C@H]1CN(c2ncc(-c3nnc(C)o3)nc2Cl)CCN1C1CCN(Cc2ccc(Cl)cc2)CC1. The average molecular weight is 516 g/mol. The topological polar surface area (TPSA) is 74.4 Å². The smallest absolute Gasteiger partial charge is 0.267 e. The van der Waals surface area contributed by atoms with Crippen molar-refractivity contribution in [1.29, 1.82) is 0 Å². The molecule has 0 spiro atoms. The molecule has 0 N–H and O–H groups in total. The fraction of sp³-hybridized carbons (Fsp3) is 0.520. The molecule has 5 rings (SSSR count). The number of rotatable bonds is 6. The molecule has 2 aliphatic rings. The van der Waals surface area contributed by atoms with Crippen LogP contribution in [0.15, 0.2) is 34.9 Å². The number of piperazine rings is 1. The van der Waals surface area contributed by atoms with E-state index in [1.165, 1.54) is 18.4 Å². The Morgan fingerprint density at radius 1 is 1.03 bits per heavy atom. The molecule has 0 bridgehead atoms. The van der Waals surface area contributed by atoms with Gasteiger partial charge in [0.2, 0.25) is 5.89 Å². The maximum absolute atomic E-state index is 6.55. The lowest BCUT2D eigenvalue weighted by Crippen LogP contribution is -2.58. The summed E-state index contributed by atoms with van der Waals surface area (Å²) in [4.78, 5) is 16.6. The van der Waals surface area contributed by atoms with E-state index in [1.807, 2.05) is 12.1 Å². The highest BCUT2D eigenvalue weighted by Gasteiger charge is 2.34. The average Bonchev–Trinajstić information content (AvgIpc) is 3.32. The van der Waals surface area contributed by atoms with Gasteiger partial charge in [0, 0.05) is 50.2 Å². The first-order valence-corrected chi connectivity index (χ1v) is 13.1. The van der Waals surface area contributed by atoms with Crippen molar-refractivity contribution in [1.82, 2.24) is 30.0 Å². The Labute approximate surface area is 216 Å². The summed E-state index contributed by atoms with van der Waals surface area (Å²) < 4.78 is 5.46. The lowest BCUT2D eigenvalue weighted by atomic mass is 9.98. The van der Waals surface area contributed by atoms with Crippen LogP contribution in [0.2, 0.25) is 10.2 Å². The molecule has 2 fully saturated rings. The van der Waals surface area contributed by atoms with Crippen LogP contribution < -0.4 is 4.90 Å². The molecule has 10 heteroatoms. The minimum absolute atomic E-state index is 0.335. The minimum Gasteiger partial charge on any atom is -0.420 e. The first kappa shape index (κ1) is 24.4. The molecule has 2 saturated heterocycles. The summed E-state index contributed by atoms with van der Waals surface area (Å²) in [7, 11) is 0. The molecule has 0 unspecified atom stereocenters. The third-order valence-electron chi connectivity index (χ3n) is 7.10. The third kappa shape index (κ3) is 5.61. The molecule has 4 heterocycles. The highest BCUT2D eigenvalue weighted by molar-refractivity contribution is 6.31. The number of benzene rings is 1. The fourth-order valence-electron chi connectivity index (χ4n) is 5.24. The van der Waals surface area contributed by atoms with Crippen LogP contribution in [0.4, 0.5) is 5.82 Å². The molecule has 3 aromatic rings. The van der Waals surface area contributed by atoms with Gasteiger partial charge in [0.05, 0.1) is 6.20 Å². The Balaban J connectivity index is 1.18. The van der Waals surface area contributed by atoms with Gasteiger partial charge in [-0.05, 0) is 50.0 Å². The van der Waals surface area contributed by atoms with Gasteiger partial charge < -0.3 is 9.32 Å². The normalized spacial score (nSPS) is 20.5. The second kappa shape index (κ2) is 10.8. The molecule has 0 amide bonds. The Kier molecular flexibility index (Phi) is 7.53. The molecule has 0 saturated carbocycles. The van der Waals surface area contributed by atoms with E-state index < -0.39 is 0 Å². The van der Waals surface area contributed by atoms with E-state index >= 15 is 0 Å². The van der Waals surface area contributed by atoms with E-state index in [1.54, 1.807) is 13.1 Å². The van der Waals surface area contributed by atoms with Gasteiger partial charge in [0.25, 0.3) is 5.89 Å². The van der Waals surface area contributed by atoms with E-state index in [0.29, 0.717) is 34.7 Å². The lowest BCUT2D eigenvalue weighted by molar-refractivity contribution is 0.0610. The van der Waals surface area contributed by atoms with Crippen molar-refractivity contribution in [2.45, 2.75) is 51.7 Å². The van der Waals surface area contributed by atoms with Crippen LogP contribution in [0.25, 0.3) is 11.6 Å². The summed E-state index contributed by atoms with van der Waals surface area (Å²) in [6.07, 6.45) is 5.15. The molecular weight excluding hydrogens is 485 g/mol. The Bertz CT molecular complexity index is 1130. The van der Waals surface area contributed by atoms with Gasteiger partial charge in [-0.15, -0.1) is 10.2 Å². The van der Waals surface area contributed by atoms with Gasteiger partial charge in [-0.1, -0.05) is 42.3 Å². The second-order valence-electron chi connectivity index (χ2n) is 9.38. The van der Waals surface area contributed by atoms with E-state index in [4.69, 9.17) is 27.6 Å². The van der Waals surface area contributed by atoms with Crippen LogP contribution in [0, 0.1) is 6.92 Å². The van der Waals surface area contributed by atoms with Crippen LogP contribution in [0.3, 0.4) is 0 Å². The van der Waals surface area contributed by atoms with Gasteiger partial charge in [0.15, 0.2) is 11.0 Å². The van der Waals surface area contributed by atoms with E-state index in [2.05, 4.69) is 53.9 Å². The van der Waals surface area contributed by atoms with E-state index in [0.717, 1.165) is 56.5 Å². The number of anilines is 1. The van der Waals surface area contributed by atoms with Gasteiger partial charge in [-0.25, -0.2) is 9.97 Å². The van der Waals surface area contributed by atoms with E-state index in [9.17, 15) is 0 Å². The van der Waals surface area contributed by atoms with Gasteiger partial charge in [-0.2, -0.15) is 0 Å². The Hall–Kier alpha value is -2.26. The van der Waals surface area contributed by atoms with Crippen LogP contribution >= 0.6 is 23.2 Å². The summed E-state index contributed by atoms with van der Waals surface area (Å²) in [6.45, 7) is 10.0. The molecule has 2 aromatic heterocycles. The summed E-state index contributed by atoms with van der Waals surface area (Å²) in [6, 6.07) is 9.30. The number of hydrogen-bond donors (Lipinski definition) is 0. The quantitative estimate of drug-likeness (QED) is 0.467. The summed E-state index contributed by atoms with van der Waals surface area (Å²) in [5.74, 6) is 1.55. The molecule has 8 nitrogen and oxygen atoms in total. The summed E-state index contributed by atoms with van der Waals surface area (Å²) in [5, 5.41) is 9.03. The van der Waals surface area contributed by atoms with Crippen molar-refractivity contribution in [3.63, 3.8) is 0 Å². The Morgan fingerprint density at radius 3 is 2.46 bits per heavy atom. The predicted octanol–water partition coefficient (Wildman–Crippen LogP) is 4.71. The van der Waals surface area contributed by atoms with Crippen LogP contribution in [-0.4, -0.2) is 74.8 Å². The minimum atomic E-state index is 0.335. The fourth-order valence-corrected chi connectivity index (χ4v) is 5.62. The number of halogens is 2. The van der Waals surface area contributed by atoms with Gasteiger partial charge in [0.1, 0.15) is 5.69 Å². The first-order valence-electron chi connectivity index (χ1n) is 12.3. The first-order chi connectivity index (χ1) is 17.0. The van der Waals surface area contributed by atoms with Gasteiger partial charge in [-0.3, -0.25) is 9.80 Å². The molecule has 186 valence electrons. The zero-order valence-corrected chi connectivity index (χ0v) is 21.7. The molecule has 2 aliphatic heterocycles. The number of likely N-dealkylation sites (tertiary alicyclic amines) is 1. The van der Waals surface area contributed by atoms with Crippen molar-refractivity contribution in [3.8, 4) is 11.6 Å². The number of piperidine rings is 1. The molecule has 1 aromatic carbocycles. The zero-order valence-electron chi connectivity index (χ0n) is 20.2. The van der Waals surface area contributed by atoms with Crippen LogP contribution in [0.5, 0.6) is 0 Å². The molecule has 0 aliphatic carbocycles. The van der Waals surface area contributed by atoms with E-state index in [-0.39, 0.29) is 0 Å². The van der Waals surface area contributed by atoms with Crippen molar-refractivity contribution in [2.24, 2.45) is 0 Å². The number of hydrogen-bond acceptors (Lipinski definition) is 8. The Morgan fingerprint density at radius 2 is 1.80 bits per heavy atom. The number of nitrogens with zero attached hydrogens (tertiary/aromatic N) is 7. The highest BCUT2D eigenvalue weighted by Crippen LogP contribution is 2.30. The standard InChI is InChI=1S/C25H31Cl2N7O/c1-3-20-16-33(24-23(27)29-22(14-28-24)25-31-30-17(2)35-25)12-13-34(20)21-8-10-32(11-9-21)15-18-4-6-19(26)7-5-18/h4-7,14,20-21H,3,8-13,15-16H2,1-2H3/t20-/m0/s1. The number of aryl methyl sites for hydroxylation is 1. The molecule has 35 heavy (non-hydrogen) atoms. The van der Waals surface area contributed by atoms with Crippen LogP contribution in [-0.2, 0) is 6.54 Å². The largest absolute Gasteiger partial charge is 0.420 e. The monoisotopic (exact) mass is 515 g/mol. The second-order valence-corrected chi connectivity index (χ2v) is 10.2. The van der Waals surface area contributed by atoms with Crippen molar-refractivity contribution >= 4 is 29.0 Å². The summed E-state index contributed by atoms with van der Waals surface area (Å²) >= 11 is 12.6. The molecule has 0 radical (unpaired) electrons. The molecule has 1 atom stereocenters. The van der Waals surface area contributed by atoms with Crippen molar-refractivity contribution < 1.29 is 4.42 Å². The highest BCUT2D eigenvalue weighted by atomic mass is 35.5. The van der Waals surface area contributed by atoms with Crippen molar-refractivity contribution in [2.75, 3.05) is 37.6 Å². The maximum atomic E-state index is 6.55.